The highest BCUT2D eigenvalue weighted by Crippen LogP contribution is 2.22. The minimum atomic E-state index is -0.320. The summed E-state index contributed by atoms with van der Waals surface area (Å²) in [7, 11) is 5.01. The second kappa shape index (κ2) is 7.49. The average molecular weight is 349 g/mol. The van der Waals surface area contributed by atoms with Crippen molar-refractivity contribution in [3.8, 4) is 0 Å². The summed E-state index contributed by atoms with van der Waals surface area (Å²) < 4.78 is 1.21. The predicted molar refractivity (Wildman–Crippen MR) is 95.7 cm³/mol. The highest BCUT2D eigenvalue weighted by Gasteiger charge is 2.14. The molecule has 0 aliphatic heterocycles. The molecule has 1 aromatic heterocycles. The maximum atomic E-state index is 11.9. The number of halogens is 1. The molecule has 1 heterocycles. The molecule has 1 amide bonds. The van der Waals surface area contributed by atoms with Gasteiger partial charge in [0.2, 0.25) is 0 Å². The lowest BCUT2D eigenvalue weighted by atomic mass is 10.1. The van der Waals surface area contributed by atoms with E-state index in [-0.39, 0.29) is 16.5 Å². The Labute approximate surface area is 146 Å². The summed E-state index contributed by atoms with van der Waals surface area (Å²) in [5, 5.41) is 4.20. The first-order valence-electron chi connectivity index (χ1n) is 7.62. The molecule has 2 aromatic rings. The summed E-state index contributed by atoms with van der Waals surface area (Å²) in [6.07, 6.45) is 1.59. The number of benzene rings is 1. The molecule has 24 heavy (non-hydrogen) atoms. The number of nitrogens with zero attached hydrogens (tertiary/aromatic N) is 4. The van der Waals surface area contributed by atoms with Crippen molar-refractivity contribution < 1.29 is 4.79 Å². The Kier molecular flexibility index (Phi) is 5.62. The fourth-order valence-electron chi connectivity index (χ4n) is 2.32. The van der Waals surface area contributed by atoms with Crippen molar-refractivity contribution in [2.24, 2.45) is 7.05 Å². The zero-order chi connectivity index (χ0) is 17.9. The Morgan fingerprint density at radius 2 is 1.88 bits per heavy atom. The topological polar surface area (TPSA) is 58.4 Å². The van der Waals surface area contributed by atoms with Gasteiger partial charge in [0.1, 0.15) is 5.02 Å². The summed E-state index contributed by atoms with van der Waals surface area (Å²) in [5.41, 5.74) is 1.94. The standard InChI is InChI=1S/C17H21ClN4O2/c1-5-22(14-10-19-21(4)17(24)15(14)18)11-12-6-8-13(9-7-12)16(23)20(2)3/h6-10H,5,11H2,1-4H3. The van der Waals surface area contributed by atoms with Crippen LogP contribution in [-0.4, -0.2) is 41.2 Å². The minimum Gasteiger partial charge on any atom is -0.365 e. The summed E-state index contributed by atoms with van der Waals surface area (Å²) in [4.78, 5) is 27.4. The first kappa shape index (κ1) is 18.0. The molecule has 7 heteroatoms. The van der Waals surface area contributed by atoms with Gasteiger partial charge in [0.25, 0.3) is 11.5 Å². The van der Waals surface area contributed by atoms with E-state index in [1.165, 1.54) is 4.68 Å². The molecule has 0 spiro atoms. The smallest absolute Gasteiger partial charge is 0.287 e. The molecule has 0 radical (unpaired) electrons. The van der Waals surface area contributed by atoms with Gasteiger partial charge in [-0.05, 0) is 24.6 Å². The third kappa shape index (κ3) is 3.76. The molecule has 0 atom stereocenters. The number of carbonyl (C=O) groups is 1. The van der Waals surface area contributed by atoms with Crippen molar-refractivity contribution in [2.45, 2.75) is 13.5 Å². The van der Waals surface area contributed by atoms with E-state index in [0.717, 1.165) is 5.56 Å². The summed E-state index contributed by atoms with van der Waals surface area (Å²) >= 11 is 6.17. The molecule has 0 saturated heterocycles. The van der Waals surface area contributed by atoms with Crippen molar-refractivity contribution in [1.29, 1.82) is 0 Å². The van der Waals surface area contributed by atoms with E-state index in [1.54, 1.807) is 44.4 Å². The number of anilines is 1. The van der Waals surface area contributed by atoms with Gasteiger partial charge in [0.15, 0.2) is 0 Å². The Hall–Kier alpha value is -2.34. The number of carbonyl (C=O) groups excluding carboxylic acids is 1. The number of rotatable bonds is 5. The molecular formula is C17H21ClN4O2. The highest BCUT2D eigenvalue weighted by molar-refractivity contribution is 6.33. The molecule has 0 saturated carbocycles. The first-order chi connectivity index (χ1) is 11.3. The number of amides is 1. The Morgan fingerprint density at radius 1 is 1.25 bits per heavy atom. The Morgan fingerprint density at radius 3 is 2.42 bits per heavy atom. The van der Waals surface area contributed by atoms with E-state index in [9.17, 15) is 9.59 Å². The van der Waals surface area contributed by atoms with E-state index in [4.69, 9.17) is 11.6 Å². The van der Waals surface area contributed by atoms with Gasteiger partial charge in [0, 0.05) is 39.8 Å². The van der Waals surface area contributed by atoms with Crippen LogP contribution < -0.4 is 10.5 Å². The molecule has 128 valence electrons. The highest BCUT2D eigenvalue weighted by atomic mass is 35.5. The molecule has 0 N–H and O–H groups in total. The molecular weight excluding hydrogens is 328 g/mol. The van der Waals surface area contributed by atoms with Crippen LogP contribution in [0.2, 0.25) is 5.02 Å². The van der Waals surface area contributed by atoms with Crippen LogP contribution in [0.4, 0.5) is 5.69 Å². The van der Waals surface area contributed by atoms with E-state index in [0.29, 0.717) is 24.3 Å². The van der Waals surface area contributed by atoms with Crippen LogP contribution in [0.15, 0.2) is 35.3 Å². The molecule has 0 unspecified atom stereocenters. The van der Waals surface area contributed by atoms with Crippen molar-refractivity contribution in [2.75, 3.05) is 25.5 Å². The fraction of sp³-hybridized carbons (Fsp3) is 0.353. The van der Waals surface area contributed by atoms with Gasteiger partial charge in [0.05, 0.1) is 11.9 Å². The SMILES string of the molecule is CCN(Cc1ccc(C(=O)N(C)C)cc1)c1cnn(C)c(=O)c1Cl. The molecule has 2 rings (SSSR count). The van der Waals surface area contributed by atoms with Crippen LogP contribution in [-0.2, 0) is 13.6 Å². The van der Waals surface area contributed by atoms with Crippen LogP contribution in [0.25, 0.3) is 0 Å². The van der Waals surface area contributed by atoms with Gasteiger partial charge < -0.3 is 9.80 Å². The van der Waals surface area contributed by atoms with Gasteiger partial charge in [-0.2, -0.15) is 5.10 Å². The third-order valence-corrected chi connectivity index (χ3v) is 4.12. The van der Waals surface area contributed by atoms with Crippen molar-refractivity contribution >= 4 is 23.2 Å². The minimum absolute atomic E-state index is 0.0345. The number of aryl methyl sites for hydroxylation is 1. The van der Waals surface area contributed by atoms with Crippen molar-refractivity contribution in [3.05, 3.63) is 57.0 Å². The van der Waals surface area contributed by atoms with Gasteiger partial charge in [-0.25, -0.2) is 4.68 Å². The monoisotopic (exact) mass is 348 g/mol. The normalized spacial score (nSPS) is 10.5. The van der Waals surface area contributed by atoms with Crippen LogP contribution in [0, 0.1) is 0 Å². The van der Waals surface area contributed by atoms with Gasteiger partial charge in [-0.1, -0.05) is 23.7 Å². The second-order valence-electron chi connectivity index (χ2n) is 5.68. The molecule has 1 aromatic carbocycles. The zero-order valence-corrected chi connectivity index (χ0v) is 15.0. The van der Waals surface area contributed by atoms with Gasteiger partial charge >= 0.3 is 0 Å². The van der Waals surface area contributed by atoms with Crippen LogP contribution in [0.5, 0.6) is 0 Å². The maximum absolute atomic E-state index is 11.9. The first-order valence-corrected chi connectivity index (χ1v) is 8.00. The lowest BCUT2D eigenvalue weighted by molar-refractivity contribution is 0.0827. The Balaban J connectivity index is 2.24. The van der Waals surface area contributed by atoms with Gasteiger partial charge in [-0.3, -0.25) is 9.59 Å². The summed E-state index contributed by atoms with van der Waals surface area (Å²) in [6.45, 7) is 3.23. The van der Waals surface area contributed by atoms with Crippen molar-refractivity contribution in [3.63, 3.8) is 0 Å². The number of hydrogen-bond acceptors (Lipinski definition) is 4. The predicted octanol–water partition coefficient (Wildman–Crippen LogP) is 2.16. The zero-order valence-electron chi connectivity index (χ0n) is 14.3. The number of aromatic nitrogens is 2. The summed E-state index contributed by atoms with van der Waals surface area (Å²) in [5.74, 6) is -0.0345. The van der Waals surface area contributed by atoms with Crippen molar-refractivity contribution in [1.82, 2.24) is 14.7 Å². The maximum Gasteiger partial charge on any atom is 0.287 e. The molecule has 0 bridgehead atoms. The number of hydrogen-bond donors (Lipinski definition) is 0. The quantitative estimate of drug-likeness (QED) is 0.831. The van der Waals surface area contributed by atoms with E-state index < -0.39 is 0 Å². The molecule has 0 aliphatic rings. The summed E-state index contributed by atoms with van der Waals surface area (Å²) in [6, 6.07) is 7.41. The largest absolute Gasteiger partial charge is 0.365 e. The molecule has 0 aliphatic carbocycles. The fourth-order valence-corrected chi connectivity index (χ4v) is 2.61. The van der Waals surface area contributed by atoms with Crippen LogP contribution >= 0.6 is 11.6 Å². The Bertz CT molecular complexity index is 784. The lowest BCUT2D eigenvalue weighted by Gasteiger charge is -2.24. The van der Waals surface area contributed by atoms with Gasteiger partial charge in [-0.15, -0.1) is 0 Å². The average Bonchev–Trinajstić information content (AvgIpc) is 2.58. The van der Waals surface area contributed by atoms with Crippen LogP contribution in [0.1, 0.15) is 22.8 Å². The van der Waals surface area contributed by atoms with E-state index in [1.807, 2.05) is 24.0 Å². The second-order valence-corrected chi connectivity index (χ2v) is 6.06. The molecule has 6 nitrogen and oxygen atoms in total. The molecule has 0 fully saturated rings. The van der Waals surface area contributed by atoms with Crippen LogP contribution in [0.3, 0.4) is 0 Å². The van der Waals surface area contributed by atoms with E-state index >= 15 is 0 Å². The third-order valence-electron chi connectivity index (χ3n) is 3.76. The van der Waals surface area contributed by atoms with E-state index in [2.05, 4.69) is 5.10 Å². The lowest BCUT2D eigenvalue weighted by Crippen LogP contribution is -2.28.